The first-order valence-corrected chi connectivity index (χ1v) is 12.6. The van der Waals surface area contributed by atoms with E-state index in [1.807, 2.05) is 36.4 Å². The Balaban J connectivity index is 1.47. The van der Waals surface area contributed by atoms with Gasteiger partial charge in [-0.2, -0.15) is 0 Å². The summed E-state index contributed by atoms with van der Waals surface area (Å²) in [4.78, 5) is 21.8. The minimum Gasteiger partial charge on any atom is -0.429 e. The van der Waals surface area contributed by atoms with Gasteiger partial charge in [-0.05, 0) is 43.0 Å². The number of hydrogen-bond donors (Lipinski definition) is 1. The second-order valence-corrected chi connectivity index (χ2v) is 10.0. The lowest BCUT2D eigenvalue weighted by Gasteiger charge is -2.28. The fraction of sp³-hybridized carbons (Fsp3) is 0.296. The van der Waals surface area contributed by atoms with Crippen molar-refractivity contribution in [2.75, 3.05) is 0 Å². The first kappa shape index (κ1) is 21.0. The smallest absolute Gasteiger partial charge is 0.258 e. The summed E-state index contributed by atoms with van der Waals surface area (Å²) in [6.07, 6.45) is 12.9. The maximum atomic E-state index is 12.6. The van der Waals surface area contributed by atoms with Crippen LogP contribution in [0.5, 0.6) is 5.75 Å². The summed E-state index contributed by atoms with van der Waals surface area (Å²) in [5.41, 5.74) is 1.64. The topological polar surface area (TPSA) is 55.0 Å². The van der Waals surface area contributed by atoms with Crippen LogP contribution in [0.3, 0.4) is 0 Å². The zero-order valence-corrected chi connectivity index (χ0v) is 19.1. The normalized spacial score (nSPS) is 19.9. The monoisotopic (exact) mass is 444 g/mol. The molecule has 0 radical (unpaired) electrons. The van der Waals surface area contributed by atoms with Crippen LogP contribution in [0.2, 0.25) is 0 Å². The molecule has 5 heteroatoms. The van der Waals surface area contributed by atoms with E-state index < -0.39 is 0 Å². The summed E-state index contributed by atoms with van der Waals surface area (Å²) in [5, 5.41) is 2.79. The SMILES string of the molecule is CC(c1nc2ccccc2c(=O)[nH]1)c1ccccc1OS1=CC=CC=C1C1CCCCC1. The molecule has 3 aromatic rings. The van der Waals surface area contributed by atoms with Gasteiger partial charge in [0.1, 0.15) is 11.6 Å². The molecule has 5 rings (SSSR count). The van der Waals surface area contributed by atoms with Crippen molar-refractivity contribution in [1.29, 1.82) is 0 Å². The summed E-state index contributed by atoms with van der Waals surface area (Å²) in [7, 11) is -0.384. The lowest BCUT2D eigenvalue weighted by atomic mass is 9.89. The Kier molecular flexibility index (Phi) is 6.08. The molecule has 2 aromatic carbocycles. The van der Waals surface area contributed by atoms with Crippen molar-refractivity contribution in [3.05, 3.63) is 93.4 Å². The van der Waals surface area contributed by atoms with Crippen molar-refractivity contribution >= 4 is 27.0 Å². The van der Waals surface area contributed by atoms with Gasteiger partial charge in [-0.25, -0.2) is 4.98 Å². The third-order valence-corrected chi connectivity index (χ3v) is 8.12. The number of hydrogen-bond acceptors (Lipinski definition) is 3. The van der Waals surface area contributed by atoms with Crippen molar-refractivity contribution in [2.45, 2.75) is 44.9 Å². The van der Waals surface area contributed by atoms with Gasteiger partial charge in [0.2, 0.25) is 0 Å². The standard InChI is InChI=1S/C27H28N2O2S/c1-19(26-28-23-15-7-5-14-22(23)27(30)29-26)21-13-6-8-16-24(21)31-32-18-10-9-17-25(32)20-11-3-2-4-12-20/h5-10,13-20H,2-4,11-12H2,1H3,(H,28,29,30). The summed E-state index contributed by atoms with van der Waals surface area (Å²) in [5.74, 6) is 2.02. The highest BCUT2D eigenvalue weighted by atomic mass is 32.2. The number of nitrogens with zero attached hydrogens (tertiary/aromatic N) is 1. The third-order valence-electron chi connectivity index (χ3n) is 6.42. The van der Waals surface area contributed by atoms with Crippen LogP contribution in [0.4, 0.5) is 0 Å². The molecule has 164 valence electrons. The third kappa shape index (κ3) is 4.22. The van der Waals surface area contributed by atoms with Gasteiger partial charge in [0.25, 0.3) is 5.56 Å². The molecule has 1 fully saturated rings. The molecule has 1 aliphatic carbocycles. The largest absolute Gasteiger partial charge is 0.429 e. The average molecular weight is 445 g/mol. The molecule has 32 heavy (non-hydrogen) atoms. The van der Waals surface area contributed by atoms with Crippen molar-refractivity contribution < 1.29 is 4.18 Å². The van der Waals surface area contributed by atoms with Crippen molar-refractivity contribution in [1.82, 2.24) is 9.97 Å². The number of fused-ring (bicyclic) bond motifs is 1. The number of allylic oxidation sites excluding steroid dienone is 4. The quantitative estimate of drug-likeness (QED) is 0.459. The fourth-order valence-corrected chi connectivity index (χ4v) is 6.31. The summed E-state index contributed by atoms with van der Waals surface area (Å²) in [6.45, 7) is 2.07. The Morgan fingerprint density at radius 3 is 2.69 bits per heavy atom. The molecule has 2 atom stereocenters. The zero-order valence-electron chi connectivity index (χ0n) is 18.3. The molecule has 0 amide bonds. The number of aromatic amines is 1. The minimum atomic E-state index is -0.384. The molecule has 1 saturated carbocycles. The van der Waals surface area contributed by atoms with Gasteiger partial charge < -0.3 is 9.17 Å². The van der Waals surface area contributed by atoms with E-state index in [-0.39, 0.29) is 22.2 Å². The zero-order chi connectivity index (χ0) is 21.9. The van der Waals surface area contributed by atoms with Gasteiger partial charge in [-0.1, -0.05) is 68.7 Å². The van der Waals surface area contributed by atoms with E-state index in [1.165, 1.54) is 37.0 Å². The highest BCUT2D eigenvalue weighted by Crippen LogP contribution is 2.43. The van der Waals surface area contributed by atoms with Gasteiger partial charge in [-0.3, -0.25) is 4.79 Å². The summed E-state index contributed by atoms with van der Waals surface area (Å²) in [6, 6.07) is 15.6. The summed E-state index contributed by atoms with van der Waals surface area (Å²) >= 11 is 0. The Labute approximate surface area is 191 Å². The van der Waals surface area contributed by atoms with E-state index in [0.717, 1.165) is 11.3 Å². The first-order valence-electron chi connectivity index (χ1n) is 11.4. The summed E-state index contributed by atoms with van der Waals surface area (Å²) < 4.78 is 6.65. The molecular formula is C27H28N2O2S. The number of aromatic nitrogens is 2. The maximum Gasteiger partial charge on any atom is 0.258 e. The van der Waals surface area contributed by atoms with Crippen LogP contribution < -0.4 is 9.74 Å². The van der Waals surface area contributed by atoms with Gasteiger partial charge in [0.15, 0.2) is 0 Å². The maximum absolute atomic E-state index is 12.6. The predicted octanol–water partition coefficient (Wildman–Crippen LogP) is 6.47. The molecule has 0 saturated heterocycles. The van der Waals surface area contributed by atoms with Crippen molar-refractivity contribution in [2.24, 2.45) is 5.92 Å². The number of para-hydroxylation sites is 2. The van der Waals surface area contributed by atoms with Crippen LogP contribution in [0.25, 0.3) is 10.9 Å². The van der Waals surface area contributed by atoms with E-state index in [1.54, 1.807) is 6.07 Å². The lowest BCUT2D eigenvalue weighted by molar-refractivity contribution is 0.413. The van der Waals surface area contributed by atoms with Gasteiger partial charge in [-0.15, -0.1) is 0 Å². The van der Waals surface area contributed by atoms with Gasteiger partial charge in [0.05, 0.1) is 10.9 Å². The van der Waals surface area contributed by atoms with E-state index in [9.17, 15) is 4.79 Å². The molecule has 0 bridgehead atoms. The van der Waals surface area contributed by atoms with E-state index in [0.29, 0.717) is 22.6 Å². The van der Waals surface area contributed by atoms with Crippen LogP contribution in [0.1, 0.15) is 56.3 Å². The molecule has 2 heterocycles. The van der Waals surface area contributed by atoms with E-state index >= 15 is 0 Å². The highest BCUT2D eigenvalue weighted by molar-refractivity contribution is 8.14. The molecular weight excluding hydrogens is 416 g/mol. The van der Waals surface area contributed by atoms with Crippen LogP contribution in [0.15, 0.2) is 76.5 Å². The van der Waals surface area contributed by atoms with Gasteiger partial charge in [0, 0.05) is 32.5 Å². The molecule has 0 spiro atoms. The second-order valence-electron chi connectivity index (χ2n) is 8.53. The second kappa shape index (κ2) is 9.29. The van der Waals surface area contributed by atoms with Crippen LogP contribution in [0, 0.1) is 5.92 Å². The first-order chi connectivity index (χ1) is 15.7. The molecule has 1 N–H and O–H groups in total. The van der Waals surface area contributed by atoms with Crippen LogP contribution >= 0.6 is 10.8 Å². The fourth-order valence-electron chi connectivity index (χ4n) is 4.64. The number of nitrogens with one attached hydrogen (secondary N) is 1. The Morgan fingerprint density at radius 1 is 1.03 bits per heavy atom. The van der Waals surface area contributed by atoms with E-state index in [4.69, 9.17) is 9.17 Å². The molecule has 4 nitrogen and oxygen atoms in total. The lowest BCUT2D eigenvalue weighted by Crippen LogP contribution is -2.15. The van der Waals surface area contributed by atoms with Crippen LogP contribution in [-0.2, 0) is 0 Å². The number of H-pyrrole nitrogens is 1. The molecule has 1 aromatic heterocycles. The number of benzene rings is 2. The van der Waals surface area contributed by atoms with Gasteiger partial charge >= 0.3 is 0 Å². The predicted molar refractivity (Wildman–Crippen MR) is 134 cm³/mol. The Hall–Kier alpha value is -2.92. The molecule has 1 aliphatic heterocycles. The Bertz CT molecular complexity index is 1280. The minimum absolute atomic E-state index is 0.102. The molecule has 2 aliphatic rings. The van der Waals surface area contributed by atoms with Crippen molar-refractivity contribution in [3.8, 4) is 5.75 Å². The van der Waals surface area contributed by atoms with Crippen molar-refractivity contribution in [3.63, 3.8) is 0 Å². The Morgan fingerprint density at radius 2 is 1.81 bits per heavy atom. The number of rotatable bonds is 5. The van der Waals surface area contributed by atoms with Crippen LogP contribution in [-0.4, -0.2) is 15.3 Å². The molecule has 2 unspecified atom stereocenters. The van der Waals surface area contributed by atoms with E-state index in [2.05, 4.69) is 41.6 Å². The average Bonchev–Trinajstić information content (AvgIpc) is 2.85. The highest BCUT2D eigenvalue weighted by Gasteiger charge is 2.23.